The van der Waals surface area contributed by atoms with Gasteiger partial charge in [0.05, 0.1) is 10.6 Å². The number of carbonyl (C=O) groups excluding carboxylic acids is 2. The minimum atomic E-state index is -0.169. The van der Waals surface area contributed by atoms with Gasteiger partial charge in [-0.2, -0.15) is 0 Å². The van der Waals surface area contributed by atoms with Crippen LogP contribution in [0, 0.1) is 0 Å². The number of anilines is 1. The average molecular weight is 551 g/mol. The molecule has 1 aliphatic rings. The zero-order chi connectivity index (χ0) is 24.6. The van der Waals surface area contributed by atoms with E-state index in [2.05, 4.69) is 45.6 Å². The normalized spacial score (nSPS) is 15.1. The fourth-order valence-corrected chi connectivity index (χ4v) is 5.26. The van der Waals surface area contributed by atoms with Gasteiger partial charge in [0.1, 0.15) is 6.54 Å². The van der Waals surface area contributed by atoms with Crippen LogP contribution in [0.1, 0.15) is 24.5 Å². The maximum absolute atomic E-state index is 13.4. The number of nitrogens with zero attached hydrogens (tertiary/aromatic N) is 1. The first-order valence-corrected chi connectivity index (χ1v) is 13.2. The molecule has 1 unspecified atom stereocenters. The predicted octanol–water partition coefficient (Wildman–Crippen LogP) is 5.61. The minimum Gasteiger partial charge on any atom is -0.354 e. The molecular formula is C28H28BrN3O2S. The van der Waals surface area contributed by atoms with E-state index in [0.29, 0.717) is 11.4 Å². The van der Waals surface area contributed by atoms with Crippen LogP contribution < -0.4 is 15.5 Å². The highest BCUT2D eigenvalue weighted by Crippen LogP contribution is 2.42. The molecule has 0 fully saturated rings. The Labute approximate surface area is 219 Å². The van der Waals surface area contributed by atoms with Crippen molar-refractivity contribution in [3.8, 4) is 0 Å². The summed E-state index contributed by atoms with van der Waals surface area (Å²) in [6, 6.07) is 26.0. The Bertz CT molecular complexity index is 1220. The zero-order valence-electron chi connectivity index (χ0n) is 19.5. The highest BCUT2D eigenvalue weighted by molar-refractivity contribution is 9.10. The lowest BCUT2D eigenvalue weighted by atomic mass is 10.2. The van der Waals surface area contributed by atoms with E-state index in [1.807, 2.05) is 72.8 Å². The molecule has 3 aromatic rings. The molecule has 1 aliphatic heterocycles. The lowest BCUT2D eigenvalue weighted by Crippen LogP contribution is -2.43. The number of carbonyl (C=O) groups is 2. The third-order valence-electron chi connectivity index (χ3n) is 5.68. The molecule has 35 heavy (non-hydrogen) atoms. The summed E-state index contributed by atoms with van der Waals surface area (Å²) in [7, 11) is 0. The molecule has 0 aromatic heterocycles. The van der Waals surface area contributed by atoms with Crippen molar-refractivity contribution < 1.29 is 9.59 Å². The van der Waals surface area contributed by atoms with E-state index in [9.17, 15) is 9.59 Å². The van der Waals surface area contributed by atoms with Gasteiger partial charge in [-0.15, -0.1) is 0 Å². The molecule has 0 bridgehead atoms. The molecule has 3 aromatic carbocycles. The summed E-state index contributed by atoms with van der Waals surface area (Å²) >= 11 is 4.92. The van der Waals surface area contributed by atoms with Gasteiger partial charge in [0.25, 0.3) is 5.91 Å². The molecule has 0 spiro atoms. The van der Waals surface area contributed by atoms with Gasteiger partial charge in [-0.1, -0.05) is 82.3 Å². The number of para-hydroxylation sites is 1. The first-order chi connectivity index (χ1) is 17.0. The standard InChI is InChI=1S/C28H28BrN3O2S/c1-20(31-18-21-8-3-2-4-9-21)14-15-30-27(33)19-32-24-12-5-6-13-25(24)35-26(28(32)34)17-22-10-7-11-23(29)16-22/h2-13,16-17,20,31H,14-15,18-19H2,1H3,(H,30,33)/b26-17+. The summed E-state index contributed by atoms with van der Waals surface area (Å²) in [5.74, 6) is -0.334. The number of benzene rings is 3. The van der Waals surface area contributed by atoms with Gasteiger partial charge < -0.3 is 10.6 Å². The van der Waals surface area contributed by atoms with E-state index in [4.69, 9.17) is 0 Å². The molecule has 7 heteroatoms. The Hall–Kier alpha value is -2.87. The van der Waals surface area contributed by atoms with Crippen molar-refractivity contribution in [1.82, 2.24) is 10.6 Å². The number of nitrogens with one attached hydrogen (secondary N) is 2. The second-order valence-corrected chi connectivity index (χ2v) is 10.4. The molecule has 1 heterocycles. The molecule has 2 N–H and O–H groups in total. The molecule has 0 aliphatic carbocycles. The molecule has 0 saturated carbocycles. The second-order valence-electron chi connectivity index (χ2n) is 8.43. The van der Waals surface area contributed by atoms with Crippen LogP contribution in [0.2, 0.25) is 0 Å². The highest BCUT2D eigenvalue weighted by Gasteiger charge is 2.30. The van der Waals surface area contributed by atoms with Crippen molar-refractivity contribution in [3.05, 3.63) is 99.4 Å². The predicted molar refractivity (Wildman–Crippen MR) is 147 cm³/mol. The fourth-order valence-electron chi connectivity index (χ4n) is 3.78. The van der Waals surface area contributed by atoms with Gasteiger partial charge in [0.15, 0.2) is 0 Å². The number of amides is 2. The molecule has 0 saturated heterocycles. The first kappa shape index (κ1) is 25.2. The summed E-state index contributed by atoms with van der Waals surface area (Å²) in [5.41, 5.74) is 2.92. The van der Waals surface area contributed by atoms with Gasteiger partial charge in [-0.3, -0.25) is 14.5 Å². The van der Waals surface area contributed by atoms with Gasteiger partial charge in [0.2, 0.25) is 5.91 Å². The third kappa shape index (κ3) is 7.07. The zero-order valence-corrected chi connectivity index (χ0v) is 21.9. The first-order valence-electron chi connectivity index (χ1n) is 11.6. The maximum Gasteiger partial charge on any atom is 0.265 e. The van der Waals surface area contributed by atoms with Crippen molar-refractivity contribution >= 4 is 51.3 Å². The van der Waals surface area contributed by atoms with Crippen LogP contribution in [0.4, 0.5) is 5.69 Å². The summed E-state index contributed by atoms with van der Waals surface area (Å²) in [6.45, 7) is 3.43. The SMILES string of the molecule is CC(CCNC(=O)CN1C(=O)/C(=C\c2cccc(Br)c2)Sc2ccccc21)NCc1ccccc1. The van der Waals surface area contributed by atoms with Crippen LogP contribution in [-0.4, -0.2) is 30.9 Å². The van der Waals surface area contributed by atoms with Crippen LogP contribution in [0.15, 0.2) is 93.1 Å². The second kappa shape index (κ2) is 12.2. The molecule has 5 nitrogen and oxygen atoms in total. The van der Waals surface area contributed by atoms with E-state index in [1.165, 1.54) is 17.3 Å². The Morgan fingerprint density at radius 2 is 1.83 bits per heavy atom. The number of hydrogen-bond acceptors (Lipinski definition) is 4. The van der Waals surface area contributed by atoms with Crippen LogP contribution in [0.5, 0.6) is 0 Å². The summed E-state index contributed by atoms with van der Waals surface area (Å²) < 4.78 is 0.948. The number of hydrogen-bond donors (Lipinski definition) is 2. The van der Waals surface area contributed by atoms with Crippen LogP contribution in [0.25, 0.3) is 6.08 Å². The smallest absolute Gasteiger partial charge is 0.265 e. The van der Waals surface area contributed by atoms with Gasteiger partial charge in [0, 0.05) is 28.5 Å². The molecule has 180 valence electrons. The van der Waals surface area contributed by atoms with E-state index < -0.39 is 0 Å². The monoisotopic (exact) mass is 549 g/mol. The Morgan fingerprint density at radius 1 is 1.06 bits per heavy atom. The Kier molecular flexibility index (Phi) is 8.79. The van der Waals surface area contributed by atoms with E-state index in [0.717, 1.165) is 33.6 Å². The molecule has 4 rings (SSSR count). The quantitative estimate of drug-likeness (QED) is 0.340. The summed E-state index contributed by atoms with van der Waals surface area (Å²) in [4.78, 5) is 29.3. The van der Waals surface area contributed by atoms with Gasteiger partial charge in [-0.25, -0.2) is 0 Å². The van der Waals surface area contributed by atoms with E-state index >= 15 is 0 Å². The number of rotatable bonds is 9. The van der Waals surface area contributed by atoms with Crippen molar-refractivity contribution in [2.75, 3.05) is 18.0 Å². The molecule has 0 radical (unpaired) electrons. The maximum atomic E-state index is 13.4. The lowest BCUT2D eigenvalue weighted by molar-refractivity contribution is -0.122. The van der Waals surface area contributed by atoms with Crippen LogP contribution in [0.3, 0.4) is 0 Å². The lowest BCUT2D eigenvalue weighted by Gasteiger charge is -2.30. The Balaban J connectivity index is 1.36. The van der Waals surface area contributed by atoms with Crippen LogP contribution in [-0.2, 0) is 16.1 Å². The van der Waals surface area contributed by atoms with E-state index in [-0.39, 0.29) is 24.4 Å². The van der Waals surface area contributed by atoms with Crippen molar-refractivity contribution in [1.29, 1.82) is 0 Å². The Morgan fingerprint density at radius 3 is 2.63 bits per heavy atom. The fraction of sp³-hybridized carbons (Fsp3) is 0.214. The minimum absolute atomic E-state index is 0.0158. The number of halogens is 1. The van der Waals surface area contributed by atoms with Crippen molar-refractivity contribution in [2.45, 2.75) is 30.8 Å². The van der Waals surface area contributed by atoms with Crippen molar-refractivity contribution in [2.24, 2.45) is 0 Å². The summed E-state index contributed by atoms with van der Waals surface area (Å²) in [6.07, 6.45) is 2.67. The summed E-state index contributed by atoms with van der Waals surface area (Å²) in [5, 5.41) is 6.45. The third-order valence-corrected chi connectivity index (χ3v) is 7.25. The molecular weight excluding hydrogens is 522 g/mol. The largest absolute Gasteiger partial charge is 0.354 e. The average Bonchev–Trinajstić information content (AvgIpc) is 2.86. The topological polar surface area (TPSA) is 61.4 Å². The van der Waals surface area contributed by atoms with Gasteiger partial charge >= 0.3 is 0 Å². The number of thioether (sulfide) groups is 1. The van der Waals surface area contributed by atoms with Crippen LogP contribution >= 0.6 is 27.7 Å². The van der Waals surface area contributed by atoms with E-state index in [1.54, 1.807) is 4.90 Å². The van der Waals surface area contributed by atoms with Gasteiger partial charge in [-0.05, 0) is 54.8 Å². The van der Waals surface area contributed by atoms with Crippen molar-refractivity contribution in [3.63, 3.8) is 0 Å². The molecule has 1 atom stereocenters. The number of fused-ring (bicyclic) bond motifs is 1. The highest BCUT2D eigenvalue weighted by atomic mass is 79.9. The molecule has 2 amide bonds.